The standard InChI is InChI=1S/C25H25ClFN5O5S/c1-13-17(19-10-11-32(30-19)16-5-6-16)7-8-18(27)22(13)14(2)23(24-28-29-25(33)37-24)31-38(34,35)21-9-4-15(26)12-20(21)36-3/h4,7-12,14,16,23,31H,5-6H2,1-3H3,(H,29,33)/t14-,23+/m1/s1. The van der Waals surface area contributed by atoms with Crippen LogP contribution in [0.5, 0.6) is 5.75 Å². The SMILES string of the molecule is COc1cc(Cl)ccc1S(=O)(=O)N[C@H](c1n[nH]c(=O)o1)[C@H](C)c1c(F)ccc(-c2ccn(C3CC3)n2)c1C. The summed E-state index contributed by atoms with van der Waals surface area (Å²) in [6.45, 7) is 3.37. The molecule has 0 amide bonds. The molecule has 0 unspecified atom stereocenters. The summed E-state index contributed by atoms with van der Waals surface area (Å²) < 4.78 is 57.1. The van der Waals surface area contributed by atoms with E-state index in [4.69, 9.17) is 20.8 Å². The van der Waals surface area contributed by atoms with E-state index in [9.17, 15) is 13.2 Å². The van der Waals surface area contributed by atoms with Crippen LogP contribution in [-0.4, -0.2) is 35.5 Å². The highest BCUT2D eigenvalue weighted by Crippen LogP contribution is 2.39. The van der Waals surface area contributed by atoms with Crippen LogP contribution in [0.3, 0.4) is 0 Å². The zero-order valence-electron chi connectivity index (χ0n) is 20.7. The van der Waals surface area contributed by atoms with Gasteiger partial charge in [-0.2, -0.15) is 9.82 Å². The smallest absolute Gasteiger partial charge is 0.434 e. The summed E-state index contributed by atoms with van der Waals surface area (Å²) in [5, 5.41) is 10.9. The molecule has 13 heteroatoms. The number of H-pyrrole nitrogens is 1. The lowest BCUT2D eigenvalue weighted by molar-refractivity contribution is 0.374. The molecule has 0 aliphatic heterocycles. The first-order chi connectivity index (χ1) is 18.1. The van der Waals surface area contributed by atoms with Crippen molar-refractivity contribution >= 4 is 21.6 Å². The molecule has 5 rings (SSSR count). The van der Waals surface area contributed by atoms with E-state index in [0.717, 1.165) is 12.8 Å². The van der Waals surface area contributed by atoms with Crippen LogP contribution in [-0.2, 0) is 10.0 Å². The van der Waals surface area contributed by atoms with E-state index < -0.39 is 33.6 Å². The van der Waals surface area contributed by atoms with Crippen LogP contribution in [0.25, 0.3) is 11.3 Å². The lowest BCUT2D eigenvalue weighted by Gasteiger charge is -2.25. The van der Waals surface area contributed by atoms with Gasteiger partial charge in [0, 0.05) is 28.8 Å². The average Bonchev–Trinajstić information content (AvgIpc) is 3.45. The number of hydrogen-bond acceptors (Lipinski definition) is 7. The first-order valence-electron chi connectivity index (χ1n) is 11.8. The maximum absolute atomic E-state index is 15.4. The van der Waals surface area contributed by atoms with Crippen molar-refractivity contribution < 1.29 is 22.0 Å². The number of nitrogens with zero attached hydrogens (tertiary/aromatic N) is 3. The normalized spacial score (nSPS) is 15.4. The molecule has 38 heavy (non-hydrogen) atoms. The molecule has 1 saturated carbocycles. The largest absolute Gasteiger partial charge is 0.495 e. The fraction of sp³-hybridized carbons (Fsp3) is 0.320. The number of halogens is 2. The lowest BCUT2D eigenvalue weighted by atomic mass is 9.87. The fourth-order valence-electron chi connectivity index (χ4n) is 4.56. The molecule has 0 radical (unpaired) electrons. The first kappa shape index (κ1) is 26.1. The van der Waals surface area contributed by atoms with E-state index in [1.807, 2.05) is 16.9 Å². The summed E-state index contributed by atoms with van der Waals surface area (Å²) in [6.07, 6.45) is 4.04. The molecular weight excluding hydrogens is 537 g/mol. The highest BCUT2D eigenvalue weighted by atomic mass is 35.5. The van der Waals surface area contributed by atoms with Crippen LogP contribution in [0.4, 0.5) is 4.39 Å². The van der Waals surface area contributed by atoms with Crippen molar-refractivity contribution in [2.45, 2.75) is 49.6 Å². The Labute approximate surface area is 222 Å². The van der Waals surface area contributed by atoms with E-state index in [2.05, 4.69) is 20.0 Å². The molecule has 200 valence electrons. The van der Waals surface area contributed by atoms with Crippen LogP contribution in [0, 0.1) is 12.7 Å². The summed E-state index contributed by atoms with van der Waals surface area (Å²) >= 11 is 6.00. The van der Waals surface area contributed by atoms with Crippen molar-refractivity contribution in [3.05, 3.63) is 81.0 Å². The zero-order chi connectivity index (χ0) is 27.2. The molecule has 0 spiro atoms. The van der Waals surface area contributed by atoms with Crippen molar-refractivity contribution in [1.82, 2.24) is 24.7 Å². The number of sulfonamides is 1. The maximum atomic E-state index is 15.4. The topological polar surface area (TPSA) is 132 Å². The second kappa shape index (κ2) is 10.0. The van der Waals surface area contributed by atoms with E-state index in [1.165, 1.54) is 31.4 Å². The Hall–Kier alpha value is -3.48. The molecular formula is C25H25ClFN5O5S. The Bertz CT molecular complexity index is 1660. The number of hydrogen-bond donors (Lipinski definition) is 2. The van der Waals surface area contributed by atoms with Crippen molar-refractivity contribution in [2.24, 2.45) is 0 Å². The Morgan fingerprint density at radius 2 is 2.03 bits per heavy atom. The van der Waals surface area contributed by atoms with E-state index in [-0.39, 0.29) is 27.1 Å². The third kappa shape index (κ3) is 4.98. The Morgan fingerprint density at radius 1 is 1.26 bits per heavy atom. The predicted molar refractivity (Wildman–Crippen MR) is 137 cm³/mol. The van der Waals surface area contributed by atoms with Crippen LogP contribution in [0.1, 0.15) is 54.8 Å². The number of nitrogens with one attached hydrogen (secondary N) is 2. The monoisotopic (exact) mass is 561 g/mol. The molecule has 1 aliphatic rings. The summed E-state index contributed by atoms with van der Waals surface area (Å²) in [5.41, 5.74) is 2.18. The van der Waals surface area contributed by atoms with Gasteiger partial charge in [0.05, 0.1) is 18.8 Å². The van der Waals surface area contributed by atoms with Crippen LogP contribution >= 0.6 is 11.6 Å². The van der Waals surface area contributed by atoms with Gasteiger partial charge in [-0.3, -0.25) is 4.68 Å². The molecule has 2 heterocycles. The molecule has 1 aliphatic carbocycles. The van der Waals surface area contributed by atoms with Gasteiger partial charge in [0.15, 0.2) is 0 Å². The van der Waals surface area contributed by atoms with E-state index in [0.29, 0.717) is 22.9 Å². The predicted octanol–water partition coefficient (Wildman–Crippen LogP) is 4.49. The molecule has 1 fully saturated rings. The Balaban J connectivity index is 1.57. The molecule has 2 aromatic carbocycles. The van der Waals surface area contributed by atoms with Crippen molar-refractivity contribution in [3.63, 3.8) is 0 Å². The minimum atomic E-state index is -4.29. The van der Waals surface area contributed by atoms with E-state index in [1.54, 1.807) is 19.9 Å². The summed E-state index contributed by atoms with van der Waals surface area (Å²) in [5.74, 6) is -2.53. The third-order valence-electron chi connectivity index (χ3n) is 6.64. The zero-order valence-corrected chi connectivity index (χ0v) is 22.3. The van der Waals surface area contributed by atoms with Gasteiger partial charge in [-0.25, -0.2) is 22.7 Å². The van der Waals surface area contributed by atoms with Crippen molar-refractivity contribution in [1.29, 1.82) is 0 Å². The Kier molecular flexibility index (Phi) is 6.88. The molecule has 10 nitrogen and oxygen atoms in total. The highest BCUT2D eigenvalue weighted by molar-refractivity contribution is 7.89. The van der Waals surface area contributed by atoms with Gasteiger partial charge < -0.3 is 9.15 Å². The summed E-state index contributed by atoms with van der Waals surface area (Å²) in [7, 11) is -2.97. The molecule has 4 aromatic rings. The second-order valence-electron chi connectivity index (χ2n) is 9.18. The fourth-order valence-corrected chi connectivity index (χ4v) is 6.14. The number of methoxy groups -OCH3 is 1. The van der Waals surface area contributed by atoms with Crippen LogP contribution in [0.15, 0.2) is 56.7 Å². The molecule has 2 atom stereocenters. The quantitative estimate of drug-likeness (QED) is 0.307. The van der Waals surface area contributed by atoms with Gasteiger partial charge in [-0.15, -0.1) is 5.10 Å². The van der Waals surface area contributed by atoms with Crippen molar-refractivity contribution in [2.75, 3.05) is 7.11 Å². The van der Waals surface area contributed by atoms with Gasteiger partial charge in [-0.1, -0.05) is 18.5 Å². The number of ether oxygens (including phenoxy) is 1. The van der Waals surface area contributed by atoms with Gasteiger partial charge in [-0.05, 0) is 61.2 Å². The minimum absolute atomic E-state index is 0.00971. The average molecular weight is 562 g/mol. The lowest BCUT2D eigenvalue weighted by Crippen LogP contribution is -2.33. The number of rotatable bonds is 9. The second-order valence-corrected chi connectivity index (χ2v) is 11.3. The summed E-state index contributed by atoms with van der Waals surface area (Å²) in [4.78, 5) is 11.6. The molecule has 2 aromatic heterocycles. The number of aromatic nitrogens is 4. The number of aromatic amines is 1. The van der Waals surface area contributed by atoms with Crippen LogP contribution in [0.2, 0.25) is 5.02 Å². The van der Waals surface area contributed by atoms with Gasteiger partial charge in [0.2, 0.25) is 15.9 Å². The molecule has 2 N–H and O–H groups in total. The molecule has 0 saturated heterocycles. The molecule has 0 bridgehead atoms. The van der Waals surface area contributed by atoms with E-state index >= 15 is 4.39 Å². The summed E-state index contributed by atoms with van der Waals surface area (Å²) in [6, 6.07) is 8.00. The highest BCUT2D eigenvalue weighted by Gasteiger charge is 2.35. The number of benzene rings is 2. The van der Waals surface area contributed by atoms with Crippen molar-refractivity contribution in [3.8, 4) is 17.0 Å². The Morgan fingerprint density at radius 3 is 2.68 bits per heavy atom. The van der Waals surface area contributed by atoms with Gasteiger partial charge >= 0.3 is 5.76 Å². The minimum Gasteiger partial charge on any atom is -0.495 e. The van der Waals surface area contributed by atoms with Gasteiger partial charge in [0.1, 0.15) is 22.5 Å². The van der Waals surface area contributed by atoms with Crippen LogP contribution < -0.4 is 15.2 Å². The maximum Gasteiger partial charge on any atom is 0.434 e. The third-order valence-corrected chi connectivity index (χ3v) is 8.36. The van der Waals surface area contributed by atoms with Gasteiger partial charge in [0.25, 0.3) is 0 Å². The first-order valence-corrected chi connectivity index (χ1v) is 13.7.